The number of sulfonamides is 1. The molecule has 0 saturated carbocycles. The molecule has 7 nitrogen and oxygen atoms in total. The molecule has 2 heterocycles. The molecule has 0 bridgehead atoms. The van der Waals surface area contributed by atoms with Crippen LogP contribution in [0.2, 0.25) is 0 Å². The Morgan fingerprint density at radius 2 is 2.00 bits per heavy atom. The third-order valence-corrected chi connectivity index (χ3v) is 8.21. The number of nitrogens with zero attached hydrogens (tertiary/aromatic N) is 3. The minimum absolute atomic E-state index is 0.0926. The number of rotatable bonds is 5. The van der Waals surface area contributed by atoms with Crippen LogP contribution in [-0.4, -0.2) is 35.4 Å². The standard InChI is InChI=1S/C21H21FN4O3S2/c1-13-8-9-18(14(2)11-13)31(28,29)26-10-4-7-17(26)20-24-25-21(30-20)19(27)23-16-6-3-5-15(22)12-16/h3,5-6,8-9,11-12,17H,4,7,10H2,1-2H3,(H,23,27)/t17-/m1/s1. The van der Waals surface area contributed by atoms with E-state index in [1.165, 1.54) is 22.5 Å². The van der Waals surface area contributed by atoms with Crippen molar-refractivity contribution in [3.8, 4) is 0 Å². The SMILES string of the molecule is Cc1ccc(S(=O)(=O)N2CCC[C@@H]2c2nnc(C(=O)Nc3cccc(F)c3)s2)c(C)c1. The van der Waals surface area contributed by atoms with Gasteiger partial charge in [-0.25, -0.2) is 12.8 Å². The summed E-state index contributed by atoms with van der Waals surface area (Å²) < 4.78 is 41.4. The zero-order chi connectivity index (χ0) is 22.2. The van der Waals surface area contributed by atoms with E-state index in [4.69, 9.17) is 0 Å². The molecule has 162 valence electrons. The van der Waals surface area contributed by atoms with Crippen molar-refractivity contribution < 1.29 is 17.6 Å². The topological polar surface area (TPSA) is 92.3 Å². The van der Waals surface area contributed by atoms with E-state index < -0.39 is 27.8 Å². The molecular weight excluding hydrogens is 439 g/mol. The van der Waals surface area contributed by atoms with E-state index in [-0.39, 0.29) is 9.90 Å². The number of hydrogen-bond acceptors (Lipinski definition) is 6. The van der Waals surface area contributed by atoms with E-state index in [9.17, 15) is 17.6 Å². The van der Waals surface area contributed by atoms with E-state index in [0.717, 1.165) is 16.9 Å². The Hall–Kier alpha value is -2.69. The third kappa shape index (κ3) is 4.36. The van der Waals surface area contributed by atoms with Gasteiger partial charge in [-0.3, -0.25) is 4.79 Å². The average molecular weight is 461 g/mol. The van der Waals surface area contributed by atoms with Gasteiger partial charge in [0.15, 0.2) is 0 Å². The van der Waals surface area contributed by atoms with E-state index in [2.05, 4.69) is 15.5 Å². The fourth-order valence-electron chi connectivity index (χ4n) is 3.70. The molecule has 1 aromatic heterocycles. The first kappa shape index (κ1) is 21.5. The van der Waals surface area contributed by atoms with Gasteiger partial charge in [-0.15, -0.1) is 10.2 Å². The Bertz CT molecular complexity index is 1240. The number of amides is 1. The number of halogens is 1. The van der Waals surface area contributed by atoms with Crippen molar-refractivity contribution in [2.75, 3.05) is 11.9 Å². The van der Waals surface area contributed by atoms with Crippen LogP contribution in [0.1, 0.15) is 44.8 Å². The van der Waals surface area contributed by atoms with Crippen LogP contribution in [-0.2, 0) is 10.0 Å². The smallest absolute Gasteiger partial charge is 0.286 e. The van der Waals surface area contributed by atoms with Gasteiger partial charge >= 0.3 is 0 Å². The number of benzene rings is 2. The maximum absolute atomic E-state index is 13.3. The van der Waals surface area contributed by atoms with Gasteiger partial charge in [-0.1, -0.05) is 35.1 Å². The van der Waals surface area contributed by atoms with E-state index in [1.54, 1.807) is 25.1 Å². The molecule has 1 N–H and O–H groups in total. The maximum Gasteiger partial charge on any atom is 0.286 e. The van der Waals surface area contributed by atoms with Gasteiger partial charge in [-0.2, -0.15) is 4.31 Å². The summed E-state index contributed by atoms with van der Waals surface area (Å²) in [6.07, 6.45) is 1.30. The molecule has 2 aromatic carbocycles. The van der Waals surface area contributed by atoms with Gasteiger partial charge in [0, 0.05) is 12.2 Å². The van der Waals surface area contributed by atoms with Crippen molar-refractivity contribution in [1.82, 2.24) is 14.5 Å². The first-order valence-corrected chi connectivity index (χ1v) is 12.0. The minimum Gasteiger partial charge on any atom is -0.320 e. The Labute approximate surface area is 184 Å². The van der Waals surface area contributed by atoms with Gasteiger partial charge in [0.1, 0.15) is 10.8 Å². The lowest BCUT2D eigenvalue weighted by Gasteiger charge is -2.23. The van der Waals surface area contributed by atoms with Crippen molar-refractivity contribution >= 4 is 33.0 Å². The lowest BCUT2D eigenvalue weighted by Crippen LogP contribution is -2.31. The molecule has 10 heteroatoms. The summed E-state index contributed by atoms with van der Waals surface area (Å²) in [5.74, 6) is -0.981. The molecule has 0 aliphatic carbocycles. The summed E-state index contributed by atoms with van der Waals surface area (Å²) >= 11 is 1.05. The number of anilines is 1. The summed E-state index contributed by atoms with van der Waals surface area (Å²) in [6, 6.07) is 10.3. The molecule has 0 spiro atoms. The zero-order valence-electron chi connectivity index (χ0n) is 17.0. The molecular formula is C21H21FN4O3S2. The average Bonchev–Trinajstić information content (AvgIpc) is 3.37. The Kier molecular flexibility index (Phi) is 5.87. The molecule has 4 rings (SSSR count). The molecule has 1 atom stereocenters. The fourth-order valence-corrected chi connectivity index (χ4v) is 6.52. The summed E-state index contributed by atoms with van der Waals surface area (Å²) in [6.45, 7) is 4.08. The highest BCUT2D eigenvalue weighted by atomic mass is 32.2. The zero-order valence-corrected chi connectivity index (χ0v) is 18.6. The third-order valence-electron chi connectivity index (χ3n) is 5.12. The van der Waals surface area contributed by atoms with Gasteiger partial charge in [0.25, 0.3) is 5.91 Å². The lowest BCUT2D eigenvalue weighted by atomic mass is 10.2. The van der Waals surface area contributed by atoms with Crippen molar-refractivity contribution in [3.63, 3.8) is 0 Å². The summed E-state index contributed by atoms with van der Waals surface area (Å²) in [4.78, 5) is 12.7. The molecule has 0 unspecified atom stereocenters. The Balaban J connectivity index is 1.57. The summed E-state index contributed by atoms with van der Waals surface area (Å²) in [5, 5.41) is 11.2. The van der Waals surface area contributed by atoms with Gasteiger partial charge in [-0.05, 0) is 56.5 Å². The number of aromatic nitrogens is 2. The first-order chi connectivity index (χ1) is 14.8. The molecule has 1 saturated heterocycles. The quantitative estimate of drug-likeness (QED) is 0.620. The van der Waals surface area contributed by atoms with Crippen LogP contribution >= 0.6 is 11.3 Å². The second kappa shape index (κ2) is 8.45. The summed E-state index contributed by atoms with van der Waals surface area (Å²) in [7, 11) is -3.72. The molecule has 1 aliphatic rings. The van der Waals surface area contributed by atoms with Crippen LogP contribution in [0.25, 0.3) is 0 Å². The van der Waals surface area contributed by atoms with Crippen LogP contribution in [0.4, 0.5) is 10.1 Å². The number of hydrogen-bond donors (Lipinski definition) is 1. The van der Waals surface area contributed by atoms with Crippen molar-refractivity contribution in [3.05, 3.63) is 69.4 Å². The molecule has 1 fully saturated rings. The molecule has 3 aromatic rings. The monoisotopic (exact) mass is 460 g/mol. The fraction of sp³-hybridized carbons (Fsp3) is 0.286. The van der Waals surface area contributed by atoms with Gasteiger partial charge in [0.05, 0.1) is 10.9 Å². The van der Waals surface area contributed by atoms with Crippen LogP contribution in [0.15, 0.2) is 47.4 Å². The van der Waals surface area contributed by atoms with Gasteiger partial charge in [0.2, 0.25) is 15.0 Å². The van der Waals surface area contributed by atoms with E-state index in [1.807, 2.05) is 13.0 Å². The highest BCUT2D eigenvalue weighted by Crippen LogP contribution is 2.38. The van der Waals surface area contributed by atoms with E-state index >= 15 is 0 Å². The predicted molar refractivity (Wildman–Crippen MR) is 116 cm³/mol. The second-order valence-corrected chi connectivity index (χ2v) is 10.3. The highest BCUT2D eigenvalue weighted by molar-refractivity contribution is 7.89. The molecule has 0 radical (unpaired) electrons. The normalized spacial score (nSPS) is 17.1. The van der Waals surface area contributed by atoms with Crippen molar-refractivity contribution in [2.45, 2.75) is 37.6 Å². The van der Waals surface area contributed by atoms with Gasteiger partial charge < -0.3 is 5.32 Å². The molecule has 31 heavy (non-hydrogen) atoms. The second-order valence-electron chi connectivity index (χ2n) is 7.45. The Morgan fingerprint density at radius 1 is 1.19 bits per heavy atom. The van der Waals surface area contributed by atoms with Crippen LogP contribution in [0, 0.1) is 19.7 Å². The van der Waals surface area contributed by atoms with Crippen LogP contribution in [0.3, 0.4) is 0 Å². The van der Waals surface area contributed by atoms with Crippen LogP contribution in [0.5, 0.6) is 0 Å². The number of carbonyl (C=O) groups excluding carboxylic acids is 1. The largest absolute Gasteiger partial charge is 0.320 e. The predicted octanol–water partition coefficient (Wildman–Crippen LogP) is 4.07. The molecule has 1 amide bonds. The highest BCUT2D eigenvalue weighted by Gasteiger charge is 2.39. The first-order valence-electron chi connectivity index (χ1n) is 9.75. The van der Waals surface area contributed by atoms with Crippen LogP contribution < -0.4 is 5.32 Å². The van der Waals surface area contributed by atoms with Crippen molar-refractivity contribution in [2.24, 2.45) is 0 Å². The Morgan fingerprint density at radius 3 is 2.74 bits per heavy atom. The summed E-state index contributed by atoms with van der Waals surface area (Å²) in [5.41, 5.74) is 1.99. The molecule has 1 aliphatic heterocycles. The number of carbonyl (C=O) groups is 1. The number of nitrogens with one attached hydrogen (secondary N) is 1. The van der Waals surface area contributed by atoms with E-state index in [0.29, 0.717) is 35.6 Å². The van der Waals surface area contributed by atoms with Crippen molar-refractivity contribution in [1.29, 1.82) is 0 Å². The lowest BCUT2D eigenvalue weighted by molar-refractivity contribution is 0.102. The number of aryl methyl sites for hydroxylation is 2. The maximum atomic E-state index is 13.3. The minimum atomic E-state index is -3.72.